The van der Waals surface area contributed by atoms with Gasteiger partial charge in [-0.2, -0.15) is 5.10 Å². The zero-order valence-corrected chi connectivity index (χ0v) is 14.4. The molecule has 0 aromatic carbocycles. The Labute approximate surface area is 140 Å². The predicted molar refractivity (Wildman–Crippen MR) is 86.4 cm³/mol. The fraction of sp³-hybridized carbons (Fsp3) is 0.562. The van der Waals surface area contributed by atoms with Gasteiger partial charge < -0.3 is 19.8 Å². The van der Waals surface area contributed by atoms with Crippen LogP contribution in [0.15, 0.2) is 10.8 Å². The van der Waals surface area contributed by atoms with Crippen molar-refractivity contribution in [3.8, 4) is 0 Å². The minimum atomic E-state index is -0.245. The molecular formula is C16H23N5O3. The average Bonchev–Trinajstić information content (AvgIpc) is 3.20. The first kappa shape index (κ1) is 16.5. The molecule has 0 bridgehead atoms. The Morgan fingerprint density at radius 1 is 1.38 bits per heavy atom. The van der Waals surface area contributed by atoms with E-state index in [1.54, 1.807) is 0 Å². The lowest BCUT2D eigenvalue weighted by atomic mass is 10.0. The predicted octanol–water partition coefficient (Wildman–Crippen LogP) is 1.66. The van der Waals surface area contributed by atoms with Gasteiger partial charge in [-0.05, 0) is 27.2 Å². The van der Waals surface area contributed by atoms with Crippen molar-refractivity contribution in [3.05, 3.63) is 34.8 Å². The molecule has 2 aromatic heterocycles. The molecule has 3 heterocycles. The molecule has 1 aliphatic heterocycles. The fourth-order valence-electron chi connectivity index (χ4n) is 3.10. The Bertz CT molecular complexity index is 736. The summed E-state index contributed by atoms with van der Waals surface area (Å²) in [6, 6.07) is -0.326. The van der Waals surface area contributed by atoms with Gasteiger partial charge in [0.05, 0.1) is 24.0 Å². The van der Waals surface area contributed by atoms with E-state index < -0.39 is 0 Å². The van der Waals surface area contributed by atoms with Gasteiger partial charge in [-0.25, -0.2) is 9.78 Å². The van der Waals surface area contributed by atoms with Crippen molar-refractivity contribution in [2.75, 3.05) is 6.61 Å². The lowest BCUT2D eigenvalue weighted by molar-refractivity contribution is 0.0988. The van der Waals surface area contributed by atoms with Crippen LogP contribution in [0.5, 0.6) is 0 Å². The van der Waals surface area contributed by atoms with Gasteiger partial charge in [0.2, 0.25) is 0 Å². The summed E-state index contributed by atoms with van der Waals surface area (Å²) in [5.41, 5.74) is 3.83. The maximum atomic E-state index is 12.2. The highest BCUT2D eigenvalue weighted by Gasteiger charge is 2.34. The molecule has 24 heavy (non-hydrogen) atoms. The first-order valence-electron chi connectivity index (χ1n) is 8.02. The van der Waals surface area contributed by atoms with Crippen molar-refractivity contribution in [3.63, 3.8) is 0 Å². The number of hydrogen-bond acceptors (Lipinski definition) is 5. The minimum absolute atomic E-state index is 0.0811. The molecule has 8 nitrogen and oxygen atoms in total. The Kier molecular flexibility index (Phi) is 4.57. The molecule has 3 rings (SSSR count). The molecule has 0 saturated carbocycles. The number of oxazole rings is 1. The molecule has 2 atom stereocenters. The van der Waals surface area contributed by atoms with E-state index in [4.69, 9.17) is 9.15 Å². The Morgan fingerprint density at radius 3 is 2.79 bits per heavy atom. The second-order valence-corrected chi connectivity index (χ2v) is 6.08. The van der Waals surface area contributed by atoms with Crippen LogP contribution in [0.3, 0.4) is 0 Å². The molecule has 1 fully saturated rings. The second-order valence-electron chi connectivity index (χ2n) is 6.08. The molecule has 0 spiro atoms. The molecule has 0 radical (unpaired) electrons. The molecule has 2 N–H and O–H groups in total. The van der Waals surface area contributed by atoms with E-state index in [9.17, 15) is 4.79 Å². The zero-order chi connectivity index (χ0) is 17.3. The number of hydrogen-bond donors (Lipinski definition) is 2. The monoisotopic (exact) mass is 333 g/mol. The van der Waals surface area contributed by atoms with Crippen molar-refractivity contribution < 1.29 is 13.9 Å². The SMILES string of the molecule is Cc1ncoc1CNC(=O)N[C@@H]1CCO[C@H]1c1c(C)nn(C)c1C. The van der Waals surface area contributed by atoms with Crippen LogP contribution < -0.4 is 10.6 Å². The van der Waals surface area contributed by atoms with Gasteiger partial charge in [0.25, 0.3) is 0 Å². The first-order chi connectivity index (χ1) is 11.5. The number of urea groups is 1. The van der Waals surface area contributed by atoms with E-state index in [1.807, 2.05) is 32.5 Å². The Balaban J connectivity index is 1.63. The lowest BCUT2D eigenvalue weighted by Crippen LogP contribution is -2.43. The number of aromatic nitrogens is 3. The van der Waals surface area contributed by atoms with E-state index >= 15 is 0 Å². The van der Waals surface area contributed by atoms with E-state index in [-0.39, 0.29) is 18.2 Å². The van der Waals surface area contributed by atoms with E-state index in [2.05, 4.69) is 20.7 Å². The lowest BCUT2D eigenvalue weighted by Gasteiger charge is -2.20. The van der Waals surface area contributed by atoms with E-state index in [1.165, 1.54) is 6.39 Å². The number of aryl methyl sites for hydroxylation is 3. The van der Waals surface area contributed by atoms with Crippen LogP contribution in [0.2, 0.25) is 0 Å². The van der Waals surface area contributed by atoms with Crippen molar-refractivity contribution in [2.45, 2.75) is 45.9 Å². The van der Waals surface area contributed by atoms with Crippen molar-refractivity contribution in [1.82, 2.24) is 25.4 Å². The highest BCUT2D eigenvalue weighted by Crippen LogP contribution is 2.33. The maximum absolute atomic E-state index is 12.2. The zero-order valence-electron chi connectivity index (χ0n) is 14.4. The van der Waals surface area contributed by atoms with Crippen molar-refractivity contribution in [2.24, 2.45) is 7.05 Å². The second kappa shape index (κ2) is 6.64. The summed E-state index contributed by atoms with van der Waals surface area (Å²) in [6.07, 6.45) is 1.98. The van der Waals surface area contributed by atoms with Crippen LogP contribution in [-0.4, -0.2) is 33.4 Å². The molecule has 1 saturated heterocycles. The molecule has 2 aromatic rings. The van der Waals surface area contributed by atoms with E-state index in [0.717, 1.165) is 29.1 Å². The standard InChI is InChI=1S/C16H23N5O3/c1-9-13(24-8-18-9)7-17-16(22)19-12-5-6-23-15(12)14-10(2)20-21(4)11(14)3/h8,12,15H,5-7H2,1-4H3,(H2,17,19,22)/t12-,15-/m1/s1. The molecule has 8 heteroatoms. The van der Waals surface area contributed by atoms with Crippen LogP contribution in [-0.2, 0) is 18.3 Å². The number of nitrogens with zero attached hydrogens (tertiary/aromatic N) is 3. The van der Waals surface area contributed by atoms with Gasteiger partial charge in [-0.1, -0.05) is 0 Å². The number of carbonyl (C=O) groups excluding carboxylic acids is 1. The normalized spacial score (nSPS) is 20.3. The summed E-state index contributed by atoms with van der Waals surface area (Å²) >= 11 is 0. The smallest absolute Gasteiger partial charge is 0.315 e. The van der Waals surface area contributed by atoms with E-state index in [0.29, 0.717) is 18.9 Å². The van der Waals surface area contributed by atoms with Crippen LogP contribution in [0, 0.1) is 20.8 Å². The summed E-state index contributed by atoms with van der Waals surface area (Å²) in [5.74, 6) is 0.656. The van der Waals surface area contributed by atoms with Gasteiger partial charge in [-0.3, -0.25) is 4.68 Å². The highest BCUT2D eigenvalue weighted by atomic mass is 16.5. The summed E-state index contributed by atoms with van der Waals surface area (Å²) in [4.78, 5) is 16.2. The molecule has 0 aliphatic carbocycles. The van der Waals surface area contributed by atoms with Gasteiger partial charge in [0.15, 0.2) is 6.39 Å². The van der Waals surface area contributed by atoms with Crippen LogP contribution in [0.4, 0.5) is 4.79 Å². The van der Waals surface area contributed by atoms with Crippen molar-refractivity contribution in [1.29, 1.82) is 0 Å². The van der Waals surface area contributed by atoms with Gasteiger partial charge in [0.1, 0.15) is 11.9 Å². The van der Waals surface area contributed by atoms with Crippen LogP contribution in [0.25, 0.3) is 0 Å². The van der Waals surface area contributed by atoms with Gasteiger partial charge >= 0.3 is 6.03 Å². The summed E-state index contributed by atoms with van der Waals surface area (Å²) in [6.45, 7) is 6.74. The van der Waals surface area contributed by atoms with Crippen LogP contribution >= 0.6 is 0 Å². The number of amides is 2. The molecule has 0 unspecified atom stereocenters. The number of nitrogens with one attached hydrogen (secondary N) is 2. The van der Waals surface area contributed by atoms with Crippen molar-refractivity contribution >= 4 is 6.03 Å². The maximum Gasteiger partial charge on any atom is 0.315 e. The third-order valence-electron chi connectivity index (χ3n) is 4.51. The third kappa shape index (κ3) is 3.14. The number of rotatable bonds is 4. The van der Waals surface area contributed by atoms with Gasteiger partial charge in [0, 0.05) is 24.9 Å². The average molecular weight is 333 g/mol. The Hall–Kier alpha value is -2.35. The Morgan fingerprint density at radius 2 is 2.17 bits per heavy atom. The fourth-order valence-corrected chi connectivity index (χ4v) is 3.10. The molecule has 2 amide bonds. The highest BCUT2D eigenvalue weighted by molar-refractivity contribution is 5.74. The summed E-state index contributed by atoms with van der Waals surface area (Å²) in [5, 5.41) is 10.2. The summed E-state index contributed by atoms with van der Waals surface area (Å²) < 4.78 is 12.9. The largest absolute Gasteiger partial charge is 0.446 e. The molecule has 1 aliphatic rings. The quantitative estimate of drug-likeness (QED) is 0.887. The van der Waals surface area contributed by atoms with Gasteiger partial charge in [-0.15, -0.1) is 0 Å². The first-order valence-corrected chi connectivity index (χ1v) is 8.02. The number of ether oxygens (including phenoxy) is 1. The summed E-state index contributed by atoms with van der Waals surface area (Å²) in [7, 11) is 1.91. The van der Waals surface area contributed by atoms with Crippen LogP contribution in [0.1, 0.15) is 40.9 Å². The topological polar surface area (TPSA) is 94.2 Å². The minimum Gasteiger partial charge on any atom is -0.446 e. The third-order valence-corrected chi connectivity index (χ3v) is 4.51. The number of carbonyl (C=O) groups is 1. The molecular weight excluding hydrogens is 310 g/mol. The molecule has 130 valence electrons.